The Hall–Kier alpha value is -2.44. The number of phosphoric acid groups is 3. The highest BCUT2D eigenvalue weighted by atomic mass is 32.2. The lowest BCUT2D eigenvalue weighted by Gasteiger charge is -2.30. The number of anilines is 1. The number of imidazole rings is 1. The fraction of sp³-hybridized carbons (Fsp3) is 0.800. The van der Waals surface area contributed by atoms with Crippen molar-refractivity contribution in [2.75, 3.05) is 37.8 Å². The number of aliphatic hydroxyl groups excluding tert-OH is 2. The van der Waals surface area contributed by atoms with E-state index in [9.17, 15) is 57.9 Å². The summed E-state index contributed by atoms with van der Waals surface area (Å²) in [6, 6.07) is 0. The molecule has 0 saturated carbocycles. The monoisotopic (exact) mass is 1050 g/mol. The quantitative estimate of drug-likeness (QED) is 0.0317. The zero-order chi connectivity index (χ0) is 50.5. The van der Waals surface area contributed by atoms with Crippen molar-refractivity contribution in [3.63, 3.8) is 0 Å². The Labute approximate surface area is 401 Å². The summed E-state index contributed by atoms with van der Waals surface area (Å²) in [5.74, 6) is -0.193. The molecule has 0 radical (unpaired) electrons. The molecular formula is C40H72N7O17P3S. The molecule has 0 spiro atoms. The lowest BCUT2D eigenvalue weighted by molar-refractivity contribution is -0.137. The first-order valence-electron chi connectivity index (χ1n) is 23.0. The Morgan fingerprint density at radius 2 is 1.50 bits per heavy atom. The highest BCUT2D eigenvalue weighted by Gasteiger charge is 2.50. The number of aliphatic hydroxyl groups is 2. The lowest BCUT2D eigenvalue weighted by atomic mass is 9.87. The molecule has 2 aromatic rings. The van der Waals surface area contributed by atoms with E-state index in [2.05, 4.69) is 48.3 Å². The molecule has 1 aliphatic rings. The van der Waals surface area contributed by atoms with Gasteiger partial charge in [0.25, 0.3) is 0 Å². The minimum atomic E-state index is -5.57. The molecule has 8 atom stereocenters. The summed E-state index contributed by atoms with van der Waals surface area (Å²) in [6.45, 7) is 5.20. The third-order valence-corrected chi connectivity index (χ3v) is 15.2. The molecule has 0 bridgehead atoms. The zero-order valence-corrected chi connectivity index (χ0v) is 42.8. The first kappa shape index (κ1) is 59.9. The molecule has 68 heavy (non-hydrogen) atoms. The van der Waals surface area contributed by atoms with Gasteiger partial charge >= 0.3 is 23.5 Å². The Balaban J connectivity index is 1.29. The lowest BCUT2D eigenvalue weighted by Crippen LogP contribution is -2.46. The smallest absolute Gasteiger partial charge is 0.386 e. The van der Waals surface area contributed by atoms with Crippen molar-refractivity contribution in [2.45, 2.75) is 161 Å². The molecule has 3 rings (SSSR count). The number of nitrogen functional groups attached to an aromatic ring is 1. The number of rotatable bonds is 35. The van der Waals surface area contributed by atoms with Gasteiger partial charge in [0.15, 0.2) is 22.8 Å². The van der Waals surface area contributed by atoms with Crippen LogP contribution in [0.4, 0.5) is 5.82 Å². The SMILES string of the molecule is CCCCCCC(C)CCCCCCCCCCC(=O)SCCNC(=O)CCNC(=O)C(O)C(C)(C)COP(=O)(O)OP(=O)(O)OCC1OC(n2cnc3c(N)ncnc32)C(O)C1OP(=O)(O)O. The van der Waals surface area contributed by atoms with Crippen molar-refractivity contribution in [3.05, 3.63) is 12.7 Å². The Bertz CT molecular complexity index is 2030. The van der Waals surface area contributed by atoms with Gasteiger partial charge in [0.2, 0.25) is 11.8 Å². The van der Waals surface area contributed by atoms with Gasteiger partial charge in [0, 0.05) is 37.1 Å². The Morgan fingerprint density at radius 1 is 0.882 bits per heavy atom. The minimum Gasteiger partial charge on any atom is -0.386 e. The van der Waals surface area contributed by atoms with E-state index in [1.165, 1.54) is 84.5 Å². The van der Waals surface area contributed by atoms with Crippen LogP contribution in [0.5, 0.6) is 0 Å². The van der Waals surface area contributed by atoms with E-state index in [1.807, 2.05) is 0 Å². The summed E-state index contributed by atoms with van der Waals surface area (Å²) < 4.78 is 62.5. The van der Waals surface area contributed by atoms with Crippen LogP contribution >= 0.6 is 35.2 Å². The van der Waals surface area contributed by atoms with Gasteiger partial charge in [-0.3, -0.25) is 32.5 Å². The number of aromatic nitrogens is 4. The largest absolute Gasteiger partial charge is 0.481 e. The number of ether oxygens (including phenoxy) is 1. The van der Waals surface area contributed by atoms with Crippen LogP contribution in [0.2, 0.25) is 0 Å². The first-order chi connectivity index (χ1) is 31.9. The predicted octanol–water partition coefficient (Wildman–Crippen LogP) is 5.17. The number of fused-ring (bicyclic) bond motifs is 1. The van der Waals surface area contributed by atoms with Gasteiger partial charge < -0.3 is 50.9 Å². The van der Waals surface area contributed by atoms with Crippen LogP contribution in [0.1, 0.15) is 137 Å². The molecule has 24 nitrogen and oxygen atoms in total. The fourth-order valence-corrected chi connectivity index (χ4v) is 10.8. The van der Waals surface area contributed by atoms with Gasteiger partial charge in [-0.2, -0.15) is 4.31 Å². The molecule has 1 saturated heterocycles. The molecule has 390 valence electrons. The van der Waals surface area contributed by atoms with E-state index >= 15 is 0 Å². The number of nitrogens with two attached hydrogens (primary N) is 1. The molecule has 8 unspecified atom stereocenters. The van der Waals surface area contributed by atoms with Crippen molar-refractivity contribution in [3.8, 4) is 0 Å². The van der Waals surface area contributed by atoms with Gasteiger partial charge in [-0.15, -0.1) is 0 Å². The van der Waals surface area contributed by atoms with Crippen molar-refractivity contribution in [1.29, 1.82) is 0 Å². The van der Waals surface area contributed by atoms with Crippen LogP contribution in [-0.2, 0) is 50.7 Å². The molecular weight excluding hydrogens is 975 g/mol. The summed E-state index contributed by atoms with van der Waals surface area (Å²) in [4.78, 5) is 88.4. The molecule has 28 heteroatoms. The van der Waals surface area contributed by atoms with Gasteiger partial charge in [-0.05, 0) is 12.3 Å². The number of phosphoric ester groups is 3. The molecule has 2 amide bonds. The van der Waals surface area contributed by atoms with E-state index in [4.69, 9.17) is 19.5 Å². The molecule has 0 aromatic carbocycles. The summed E-state index contributed by atoms with van der Waals surface area (Å²) in [7, 11) is -16.4. The topological polar surface area (TPSA) is 364 Å². The summed E-state index contributed by atoms with van der Waals surface area (Å²) in [5.41, 5.74) is 4.29. The second kappa shape index (κ2) is 29.2. The normalized spacial score (nSPS) is 20.4. The second-order valence-corrected chi connectivity index (χ2v) is 23.0. The van der Waals surface area contributed by atoms with E-state index < -0.39 is 84.6 Å². The molecule has 10 N–H and O–H groups in total. The van der Waals surface area contributed by atoms with Gasteiger partial charge in [0.05, 0.1) is 19.5 Å². The van der Waals surface area contributed by atoms with Crippen molar-refractivity contribution in [1.82, 2.24) is 30.2 Å². The number of hydrogen-bond acceptors (Lipinski definition) is 18. The third kappa shape index (κ3) is 21.9. The minimum absolute atomic E-state index is 0.0339. The van der Waals surface area contributed by atoms with Crippen LogP contribution < -0.4 is 16.4 Å². The molecule has 1 fully saturated rings. The molecule has 1 aliphatic heterocycles. The van der Waals surface area contributed by atoms with E-state index in [0.29, 0.717) is 12.2 Å². The van der Waals surface area contributed by atoms with Crippen LogP contribution in [0.25, 0.3) is 11.2 Å². The number of carbonyl (C=O) groups excluding carboxylic acids is 3. The standard InChI is InChI=1S/C40H72N7O17P3S/c1-5-6-7-14-17-28(2)18-15-12-10-8-9-11-13-16-19-31(49)68-23-22-42-30(48)20-21-43-38(52)35(51)40(3,4)25-61-67(58,59)64-66(56,57)60-24-29-34(63-65(53,54)55)33(50)39(62-29)47-27-46-32-36(41)44-26-45-37(32)47/h26-29,33-35,39,50-51H,5-25H2,1-4H3,(H,42,48)(H,43,52)(H,56,57)(H,58,59)(H2,41,44,45)(H2,53,54,55). The Kier molecular flexibility index (Phi) is 25.7. The average molecular weight is 1050 g/mol. The molecule has 2 aromatic heterocycles. The number of amides is 2. The van der Waals surface area contributed by atoms with Crippen LogP contribution in [0, 0.1) is 11.3 Å². The summed E-state index contributed by atoms with van der Waals surface area (Å²) in [5, 5.41) is 26.7. The number of nitrogens with one attached hydrogen (secondary N) is 2. The van der Waals surface area contributed by atoms with Crippen molar-refractivity contribution in [2.24, 2.45) is 11.3 Å². The summed E-state index contributed by atoms with van der Waals surface area (Å²) in [6.07, 6.45) is 10.9. The molecule has 0 aliphatic carbocycles. The highest BCUT2D eigenvalue weighted by Crippen LogP contribution is 2.61. The fourth-order valence-electron chi connectivity index (χ4n) is 7.25. The molecule has 3 heterocycles. The number of nitrogens with zero attached hydrogens (tertiary/aromatic N) is 4. The van der Waals surface area contributed by atoms with Gasteiger partial charge in [-0.1, -0.05) is 123 Å². The van der Waals surface area contributed by atoms with E-state index in [1.54, 1.807) is 0 Å². The van der Waals surface area contributed by atoms with Crippen molar-refractivity contribution >= 4 is 69.1 Å². The van der Waals surface area contributed by atoms with E-state index in [0.717, 1.165) is 54.2 Å². The van der Waals surface area contributed by atoms with E-state index in [-0.39, 0.29) is 41.6 Å². The zero-order valence-electron chi connectivity index (χ0n) is 39.3. The summed E-state index contributed by atoms with van der Waals surface area (Å²) >= 11 is 1.16. The van der Waals surface area contributed by atoms with Gasteiger partial charge in [-0.25, -0.2) is 28.6 Å². The van der Waals surface area contributed by atoms with Crippen LogP contribution in [0.15, 0.2) is 12.7 Å². The number of thioether (sulfide) groups is 1. The number of unbranched alkanes of at least 4 members (excludes halogenated alkanes) is 10. The first-order valence-corrected chi connectivity index (χ1v) is 28.5. The van der Waals surface area contributed by atoms with Crippen molar-refractivity contribution < 1.29 is 80.5 Å². The maximum Gasteiger partial charge on any atom is 0.481 e. The maximum atomic E-state index is 12.7. The Morgan fingerprint density at radius 3 is 2.15 bits per heavy atom. The predicted molar refractivity (Wildman–Crippen MR) is 251 cm³/mol. The second-order valence-electron chi connectivity index (χ2n) is 17.6. The third-order valence-electron chi connectivity index (χ3n) is 11.1. The number of carbonyl (C=O) groups is 3. The number of hydrogen-bond donors (Lipinski definition) is 9. The van der Waals surface area contributed by atoms with Crippen LogP contribution in [0.3, 0.4) is 0 Å². The average Bonchev–Trinajstić information content (AvgIpc) is 3.82. The van der Waals surface area contributed by atoms with Gasteiger partial charge in [0.1, 0.15) is 36.3 Å². The maximum absolute atomic E-state index is 12.7. The van der Waals surface area contributed by atoms with Crippen LogP contribution in [-0.4, -0.2) is 123 Å². The highest BCUT2D eigenvalue weighted by molar-refractivity contribution is 8.13.